The zero-order chi connectivity index (χ0) is 16.4. The summed E-state index contributed by atoms with van der Waals surface area (Å²) < 4.78 is 0. The number of carbonyl (C=O) groups is 1. The van der Waals surface area contributed by atoms with Gasteiger partial charge in [0.1, 0.15) is 0 Å². The minimum absolute atomic E-state index is 0.0809. The number of amides is 1. The van der Waals surface area contributed by atoms with Gasteiger partial charge in [0.25, 0.3) is 0 Å². The molecule has 0 aromatic rings. The molecule has 130 valence electrons. The lowest BCUT2D eigenvalue weighted by molar-refractivity contribution is -0.134. The molecule has 3 heteroatoms. The Morgan fingerprint density at radius 3 is 2.48 bits per heavy atom. The maximum atomic E-state index is 12.8. The Morgan fingerprint density at radius 2 is 1.91 bits per heavy atom. The van der Waals surface area contributed by atoms with Crippen molar-refractivity contribution in [2.45, 2.75) is 52.9 Å². The molecule has 0 radical (unpaired) electrons. The van der Waals surface area contributed by atoms with Gasteiger partial charge in [-0.15, -0.1) is 0 Å². The van der Waals surface area contributed by atoms with E-state index in [2.05, 4.69) is 42.7 Å². The van der Waals surface area contributed by atoms with Crippen LogP contribution in [-0.2, 0) is 4.79 Å². The van der Waals surface area contributed by atoms with Crippen molar-refractivity contribution < 1.29 is 4.79 Å². The number of nitrogens with zero attached hydrogens (tertiary/aromatic N) is 2. The molecule has 3 atom stereocenters. The van der Waals surface area contributed by atoms with Crippen LogP contribution in [0.5, 0.6) is 0 Å². The van der Waals surface area contributed by atoms with Crippen LogP contribution in [0.4, 0.5) is 0 Å². The predicted octanol–water partition coefficient (Wildman–Crippen LogP) is 3.56. The highest BCUT2D eigenvalue weighted by Gasteiger charge is 2.37. The third kappa shape index (κ3) is 4.59. The molecule has 3 rings (SSSR count). The molecule has 0 aromatic carbocycles. The lowest BCUT2D eigenvalue weighted by Gasteiger charge is -2.32. The van der Waals surface area contributed by atoms with Crippen molar-refractivity contribution in [1.29, 1.82) is 0 Å². The number of hydrogen-bond acceptors (Lipinski definition) is 2. The van der Waals surface area contributed by atoms with Gasteiger partial charge < -0.3 is 9.80 Å². The van der Waals surface area contributed by atoms with Gasteiger partial charge in [0.2, 0.25) is 5.91 Å². The van der Waals surface area contributed by atoms with E-state index in [0.29, 0.717) is 18.2 Å². The van der Waals surface area contributed by atoms with E-state index in [-0.39, 0.29) is 5.41 Å². The molecule has 3 unspecified atom stereocenters. The fraction of sp³-hybridized carbons (Fsp3) is 0.850. The summed E-state index contributed by atoms with van der Waals surface area (Å²) in [5.41, 5.74) is 0.0809. The SMILES string of the molecule is CC(C)(C)CC(=O)N(CCN1CCCC1)CC1CC2C=CC1C2. The normalized spacial score (nSPS) is 30.3. The molecule has 2 fully saturated rings. The van der Waals surface area contributed by atoms with Crippen LogP contribution in [0, 0.1) is 23.2 Å². The number of hydrogen-bond donors (Lipinski definition) is 0. The Bertz CT molecular complexity index is 445. The largest absolute Gasteiger partial charge is 0.341 e. The van der Waals surface area contributed by atoms with E-state index in [4.69, 9.17) is 0 Å². The molecule has 1 heterocycles. The second-order valence-corrected chi connectivity index (χ2v) is 9.17. The first-order valence-corrected chi connectivity index (χ1v) is 9.59. The van der Waals surface area contributed by atoms with Crippen molar-refractivity contribution in [3.05, 3.63) is 12.2 Å². The standard InChI is InChI=1S/C20H34N2O/c1-20(2,3)14-19(23)22(11-10-21-8-4-5-9-21)15-18-13-16-6-7-17(18)12-16/h6-7,16-18H,4-5,8-15H2,1-3H3. The third-order valence-corrected chi connectivity index (χ3v) is 5.79. The highest BCUT2D eigenvalue weighted by molar-refractivity contribution is 5.76. The third-order valence-electron chi connectivity index (χ3n) is 5.79. The van der Waals surface area contributed by atoms with Crippen LogP contribution >= 0.6 is 0 Å². The first-order valence-electron chi connectivity index (χ1n) is 9.59. The molecule has 2 bridgehead atoms. The summed E-state index contributed by atoms with van der Waals surface area (Å²) in [7, 11) is 0. The smallest absolute Gasteiger partial charge is 0.223 e. The van der Waals surface area contributed by atoms with Crippen molar-refractivity contribution in [2.75, 3.05) is 32.7 Å². The van der Waals surface area contributed by atoms with Gasteiger partial charge in [0.05, 0.1) is 0 Å². The molecule has 1 saturated carbocycles. The van der Waals surface area contributed by atoms with Crippen molar-refractivity contribution in [3.63, 3.8) is 0 Å². The first-order chi connectivity index (χ1) is 10.9. The molecule has 3 aliphatic rings. The lowest BCUT2D eigenvalue weighted by atomic mass is 9.90. The highest BCUT2D eigenvalue weighted by atomic mass is 16.2. The van der Waals surface area contributed by atoms with Crippen LogP contribution in [-0.4, -0.2) is 48.4 Å². The van der Waals surface area contributed by atoms with Gasteiger partial charge >= 0.3 is 0 Å². The Kier molecular flexibility index (Phi) is 5.15. The Morgan fingerprint density at radius 1 is 1.17 bits per heavy atom. The van der Waals surface area contributed by atoms with E-state index in [1.54, 1.807) is 0 Å². The summed E-state index contributed by atoms with van der Waals surface area (Å²) in [6.07, 6.45) is 10.8. The lowest BCUT2D eigenvalue weighted by Crippen LogP contribution is -2.42. The van der Waals surface area contributed by atoms with Crippen molar-refractivity contribution in [1.82, 2.24) is 9.80 Å². The summed E-state index contributed by atoms with van der Waals surface area (Å²) in [4.78, 5) is 17.6. The molecule has 3 nitrogen and oxygen atoms in total. The first kappa shape index (κ1) is 17.0. The highest BCUT2D eigenvalue weighted by Crippen LogP contribution is 2.43. The zero-order valence-electron chi connectivity index (χ0n) is 15.3. The van der Waals surface area contributed by atoms with Crippen LogP contribution in [0.25, 0.3) is 0 Å². The molecule has 2 aliphatic carbocycles. The minimum atomic E-state index is 0.0809. The Hall–Kier alpha value is -0.830. The van der Waals surface area contributed by atoms with Crippen LogP contribution in [0.15, 0.2) is 12.2 Å². The van der Waals surface area contributed by atoms with Gasteiger partial charge in [-0.3, -0.25) is 4.79 Å². The van der Waals surface area contributed by atoms with Crippen molar-refractivity contribution >= 4 is 5.91 Å². The van der Waals surface area contributed by atoms with Gasteiger partial charge in [-0.2, -0.15) is 0 Å². The van der Waals surface area contributed by atoms with E-state index in [9.17, 15) is 4.79 Å². The molecular formula is C20H34N2O. The number of rotatable bonds is 6. The Labute approximate surface area is 142 Å². The average Bonchev–Trinajstić information content (AvgIpc) is 3.18. The molecule has 0 aromatic heterocycles. The van der Waals surface area contributed by atoms with Gasteiger partial charge in [0.15, 0.2) is 0 Å². The van der Waals surface area contributed by atoms with Crippen LogP contribution in [0.3, 0.4) is 0 Å². The van der Waals surface area contributed by atoms with Gasteiger partial charge in [-0.1, -0.05) is 32.9 Å². The molecule has 0 spiro atoms. The van der Waals surface area contributed by atoms with E-state index < -0.39 is 0 Å². The second kappa shape index (κ2) is 6.96. The maximum absolute atomic E-state index is 12.8. The summed E-state index contributed by atoms with van der Waals surface area (Å²) in [6, 6.07) is 0. The summed E-state index contributed by atoms with van der Waals surface area (Å²) in [5.74, 6) is 2.59. The Balaban J connectivity index is 1.57. The summed E-state index contributed by atoms with van der Waals surface area (Å²) >= 11 is 0. The van der Waals surface area contributed by atoms with Gasteiger partial charge in [-0.05, 0) is 61.9 Å². The zero-order valence-corrected chi connectivity index (χ0v) is 15.3. The van der Waals surface area contributed by atoms with E-state index >= 15 is 0 Å². The second-order valence-electron chi connectivity index (χ2n) is 9.17. The molecule has 23 heavy (non-hydrogen) atoms. The van der Waals surface area contributed by atoms with Crippen LogP contribution in [0.2, 0.25) is 0 Å². The molecular weight excluding hydrogens is 284 g/mol. The minimum Gasteiger partial charge on any atom is -0.341 e. The number of likely N-dealkylation sites (tertiary alicyclic amines) is 1. The van der Waals surface area contributed by atoms with E-state index in [1.807, 2.05) is 0 Å². The molecule has 1 saturated heterocycles. The number of fused-ring (bicyclic) bond motifs is 2. The quantitative estimate of drug-likeness (QED) is 0.699. The van der Waals surface area contributed by atoms with Gasteiger partial charge in [-0.25, -0.2) is 0 Å². The summed E-state index contributed by atoms with van der Waals surface area (Å²) in [5, 5.41) is 0. The number of allylic oxidation sites excluding steroid dienone is 2. The van der Waals surface area contributed by atoms with E-state index in [1.165, 1.54) is 38.8 Å². The fourth-order valence-corrected chi connectivity index (χ4v) is 4.54. The number of carbonyl (C=O) groups excluding carboxylic acids is 1. The molecule has 1 aliphatic heterocycles. The summed E-state index contributed by atoms with van der Waals surface area (Å²) in [6.45, 7) is 11.9. The monoisotopic (exact) mass is 318 g/mol. The molecule has 1 amide bonds. The van der Waals surface area contributed by atoms with Crippen LogP contribution in [0.1, 0.15) is 52.9 Å². The van der Waals surface area contributed by atoms with Crippen molar-refractivity contribution in [3.8, 4) is 0 Å². The average molecular weight is 319 g/mol. The van der Waals surface area contributed by atoms with Crippen LogP contribution < -0.4 is 0 Å². The maximum Gasteiger partial charge on any atom is 0.223 e. The molecule has 0 N–H and O–H groups in total. The van der Waals surface area contributed by atoms with E-state index in [0.717, 1.165) is 31.5 Å². The fourth-order valence-electron chi connectivity index (χ4n) is 4.54. The predicted molar refractivity (Wildman–Crippen MR) is 95.2 cm³/mol. The topological polar surface area (TPSA) is 23.6 Å². The van der Waals surface area contributed by atoms with Gasteiger partial charge in [0, 0.05) is 26.1 Å². The van der Waals surface area contributed by atoms with Crippen molar-refractivity contribution in [2.24, 2.45) is 23.2 Å².